The lowest BCUT2D eigenvalue weighted by Crippen LogP contribution is -2.48. The predicted octanol–water partition coefficient (Wildman–Crippen LogP) is 2.93. The van der Waals surface area contributed by atoms with Crippen LogP contribution in [-0.2, 0) is 14.8 Å². The Kier molecular flexibility index (Phi) is 5.71. The molecule has 1 fully saturated rings. The highest BCUT2D eigenvalue weighted by Gasteiger charge is 2.32. The second-order valence-electron chi connectivity index (χ2n) is 5.52. The molecule has 0 radical (unpaired) electrons. The molecular weight excluding hydrogens is 326 g/mol. The van der Waals surface area contributed by atoms with Crippen molar-refractivity contribution in [2.45, 2.75) is 44.3 Å². The van der Waals surface area contributed by atoms with Crippen molar-refractivity contribution in [1.82, 2.24) is 4.31 Å². The van der Waals surface area contributed by atoms with E-state index in [4.69, 9.17) is 21.1 Å². The number of rotatable bonds is 5. The molecule has 1 aliphatic rings. The van der Waals surface area contributed by atoms with Crippen LogP contribution in [0.2, 0.25) is 5.02 Å². The quantitative estimate of drug-likeness (QED) is 0.821. The van der Waals surface area contributed by atoms with Crippen molar-refractivity contribution in [3.05, 3.63) is 23.2 Å². The second-order valence-corrected chi connectivity index (χ2v) is 7.87. The number of hydrogen-bond acceptors (Lipinski definition) is 4. The Morgan fingerprint density at radius 3 is 2.55 bits per heavy atom. The molecule has 1 aromatic rings. The normalized spacial score (nSPS) is 23.5. The molecular formula is C15H22ClNO4S. The highest BCUT2D eigenvalue weighted by atomic mass is 35.5. The van der Waals surface area contributed by atoms with E-state index in [0.717, 1.165) is 6.42 Å². The smallest absolute Gasteiger partial charge is 0.243 e. The van der Waals surface area contributed by atoms with Gasteiger partial charge >= 0.3 is 0 Å². The van der Waals surface area contributed by atoms with E-state index < -0.39 is 10.0 Å². The SMILES string of the molecule is CCCOc1cc(S(=O)(=O)N2C[C@H](C)O[C@@H](C)C2)ccc1Cl. The third-order valence-corrected chi connectivity index (χ3v) is 5.53. The minimum Gasteiger partial charge on any atom is -0.492 e. The standard InChI is InChI=1S/C15H22ClNO4S/c1-4-7-20-15-8-13(5-6-14(15)16)22(18,19)17-9-11(2)21-12(3)10-17/h5-6,8,11-12H,4,7,9-10H2,1-3H3/t11-,12-/m0/s1. The average Bonchev–Trinajstić information content (AvgIpc) is 2.45. The van der Waals surface area contributed by atoms with E-state index in [1.165, 1.54) is 16.4 Å². The fourth-order valence-electron chi connectivity index (χ4n) is 2.44. The zero-order valence-corrected chi connectivity index (χ0v) is 14.7. The molecule has 1 saturated heterocycles. The van der Waals surface area contributed by atoms with Crippen molar-refractivity contribution in [3.63, 3.8) is 0 Å². The molecule has 2 rings (SSSR count). The summed E-state index contributed by atoms with van der Waals surface area (Å²) >= 11 is 6.06. The Balaban J connectivity index is 2.29. The van der Waals surface area contributed by atoms with Crippen LogP contribution in [0, 0.1) is 0 Å². The molecule has 1 aliphatic heterocycles. The molecule has 0 aliphatic carbocycles. The number of sulfonamides is 1. The fourth-order valence-corrected chi connectivity index (χ4v) is 4.22. The summed E-state index contributed by atoms with van der Waals surface area (Å²) in [5.74, 6) is 0.402. The predicted molar refractivity (Wildman–Crippen MR) is 86.0 cm³/mol. The first-order valence-corrected chi connectivity index (χ1v) is 9.24. The summed E-state index contributed by atoms with van der Waals surface area (Å²) in [5.41, 5.74) is 0. The molecule has 5 nitrogen and oxygen atoms in total. The Labute approximate surface area is 137 Å². The van der Waals surface area contributed by atoms with E-state index in [1.807, 2.05) is 20.8 Å². The van der Waals surface area contributed by atoms with Crippen molar-refractivity contribution < 1.29 is 17.9 Å². The number of ether oxygens (including phenoxy) is 2. The molecule has 0 spiro atoms. The topological polar surface area (TPSA) is 55.8 Å². The summed E-state index contributed by atoms with van der Waals surface area (Å²) in [5, 5.41) is 0.413. The minimum atomic E-state index is -3.58. The van der Waals surface area contributed by atoms with Gasteiger partial charge in [0, 0.05) is 19.2 Å². The first-order valence-electron chi connectivity index (χ1n) is 7.42. The van der Waals surface area contributed by atoms with Gasteiger partial charge in [-0.1, -0.05) is 18.5 Å². The largest absolute Gasteiger partial charge is 0.492 e. The van der Waals surface area contributed by atoms with Crippen LogP contribution in [0.5, 0.6) is 5.75 Å². The number of morpholine rings is 1. The van der Waals surface area contributed by atoms with Gasteiger partial charge in [-0.05, 0) is 32.4 Å². The highest BCUT2D eigenvalue weighted by molar-refractivity contribution is 7.89. The van der Waals surface area contributed by atoms with Crippen LogP contribution in [0.25, 0.3) is 0 Å². The summed E-state index contributed by atoms with van der Waals surface area (Å²) < 4.78 is 38.1. The van der Waals surface area contributed by atoms with E-state index in [2.05, 4.69) is 0 Å². The van der Waals surface area contributed by atoms with Gasteiger partial charge < -0.3 is 9.47 Å². The lowest BCUT2D eigenvalue weighted by molar-refractivity contribution is -0.0440. The van der Waals surface area contributed by atoms with Gasteiger partial charge in [0.1, 0.15) is 5.75 Å². The molecule has 0 bridgehead atoms. The maximum absolute atomic E-state index is 12.8. The fraction of sp³-hybridized carbons (Fsp3) is 0.600. The Morgan fingerprint density at radius 1 is 1.32 bits per heavy atom. The maximum atomic E-state index is 12.8. The monoisotopic (exact) mass is 347 g/mol. The van der Waals surface area contributed by atoms with Gasteiger partial charge in [-0.3, -0.25) is 0 Å². The zero-order chi connectivity index (χ0) is 16.3. The lowest BCUT2D eigenvalue weighted by atomic mass is 10.3. The molecule has 0 unspecified atom stereocenters. The second kappa shape index (κ2) is 7.17. The van der Waals surface area contributed by atoms with Crippen LogP contribution in [-0.4, -0.2) is 44.6 Å². The number of nitrogens with zero attached hydrogens (tertiary/aromatic N) is 1. The summed E-state index contributed by atoms with van der Waals surface area (Å²) in [6.45, 7) is 6.91. The average molecular weight is 348 g/mol. The van der Waals surface area contributed by atoms with E-state index in [9.17, 15) is 8.42 Å². The summed E-state index contributed by atoms with van der Waals surface area (Å²) in [4.78, 5) is 0.198. The van der Waals surface area contributed by atoms with Gasteiger partial charge in [0.25, 0.3) is 0 Å². The molecule has 0 aromatic heterocycles. The molecule has 2 atom stereocenters. The van der Waals surface area contributed by atoms with E-state index in [0.29, 0.717) is 30.5 Å². The van der Waals surface area contributed by atoms with Gasteiger partial charge in [-0.2, -0.15) is 4.31 Å². The number of hydrogen-bond donors (Lipinski definition) is 0. The van der Waals surface area contributed by atoms with Crippen molar-refractivity contribution in [2.75, 3.05) is 19.7 Å². The highest BCUT2D eigenvalue weighted by Crippen LogP contribution is 2.30. The van der Waals surface area contributed by atoms with Crippen molar-refractivity contribution in [2.24, 2.45) is 0 Å². The summed E-state index contributed by atoms with van der Waals surface area (Å²) in [6, 6.07) is 4.58. The molecule has 1 heterocycles. The summed E-state index contributed by atoms with van der Waals surface area (Å²) in [6.07, 6.45) is 0.578. The Bertz CT molecular complexity index is 610. The van der Waals surface area contributed by atoms with Crippen LogP contribution in [0.4, 0.5) is 0 Å². The first-order chi connectivity index (χ1) is 10.3. The van der Waals surface area contributed by atoms with Gasteiger partial charge in [-0.25, -0.2) is 8.42 Å². The summed E-state index contributed by atoms with van der Waals surface area (Å²) in [7, 11) is -3.58. The zero-order valence-electron chi connectivity index (χ0n) is 13.1. The van der Waals surface area contributed by atoms with Crippen LogP contribution in [0.1, 0.15) is 27.2 Å². The molecule has 22 heavy (non-hydrogen) atoms. The van der Waals surface area contributed by atoms with Crippen molar-refractivity contribution in [3.8, 4) is 5.75 Å². The van der Waals surface area contributed by atoms with E-state index >= 15 is 0 Å². The molecule has 0 amide bonds. The Hall–Kier alpha value is -0.820. The number of benzene rings is 1. The van der Waals surface area contributed by atoms with Gasteiger partial charge in [-0.15, -0.1) is 0 Å². The van der Waals surface area contributed by atoms with Crippen LogP contribution < -0.4 is 4.74 Å². The maximum Gasteiger partial charge on any atom is 0.243 e. The minimum absolute atomic E-state index is 0.123. The lowest BCUT2D eigenvalue weighted by Gasteiger charge is -2.34. The van der Waals surface area contributed by atoms with Gasteiger partial charge in [0.2, 0.25) is 10.0 Å². The van der Waals surface area contributed by atoms with Crippen LogP contribution in [0.15, 0.2) is 23.1 Å². The molecule has 0 N–H and O–H groups in total. The van der Waals surface area contributed by atoms with E-state index in [-0.39, 0.29) is 17.1 Å². The third kappa shape index (κ3) is 3.93. The Morgan fingerprint density at radius 2 is 1.95 bits per heavy atom. The first kappa shape index (κ1) is 17.5. The third-order valence-electron chi connectivity index (χ3n) is 3.39. The molecule has 124 valence electrons. The molecule has 7 heteroatoms. The molecule has 0 saturated carbocycles. The van der Waals surface area contributed by atoms with Crippen molar-refractivity contribution >= 4 is 21.6 Å². The van der Waals surface area contributed by atoms with Crippen LogP contribution >= 0.6 is 11.6 Å². The van der Waals surface area contributed by atoms with Crippen LogP contribution in [0.3, 0.4) is 0 Å². The number of halogens is 1. The molecule has 1 aromatic carbocycles. The van der Waals surface area contributed by atoms with Crippen molar-refractivity contribution in [1.29, 1.82) is 0 Å². The van der Waals surface area contributed by atoms with Gasteiger partial charge in [0.15, 0.2) is 0 Å². The van der Waals surface area contributed by atoms with E-state index in [1.54, 1.807) is 6.07 Å². The van der Waals surface area contributed by atoms with Gasteiger partial charge in [0.05, 0.1) is 28.7 Å².